The van der Waals surface area contributed by atoms with Gasteiger partial charge in [-0.1, -0.05) is 52.5 Å². The van der Waals surface area contributed by atoms with Crippen LogP contribution in [0.4, 0.5) is 0 Å². The number of carbonyl (C=O) groups is 3. The Balaban J connectivity index is 2.19. The summed E-state index contributed by atoms with van der Waals surface area (Å²) in [4.78, 5) is 37.0. The van der Waals surface area contributed by atoms with Gasteiger partial charge in [0.25, 0.3) is 0 Å². The van der Waals surface area contributed by atoms with E-state index in [1.165, 1.54) is 13.8 Å². The first-order valence-electron chi connectivity index (χ1n) is 13.2. The summed E-state index contributed by atoms with van der Waals surface area (Å²) in [6.45, 7) is 18.5. The van der Waals surface area contributed by atoms with Gasteiger partial charge in [-0.05, 0) is 55.4 Å². The predicted octanol–water partition coefficient (Wildman–Crippen LogP) is 4.62. The molecule has 1 aliphatic heterocycles. The largest absolute Gasteiger partial charge is 0.458 e. The Bertz CT molecular complexity index is 969. The van der Waals surface area contributed by atoms with Gasteiger partial charge in [0, 0.05) is 19.4 Å². The van der Waals surface area contributed by atoms with E-state index >= 15 is 0 Å². The molecular weight excluding hydrogens is 476 g/mol. The monoisotopic (exact) mass is 518 g/mol. The first-order valence-corrected chi connectivity index (χ1v) is 13.2. The van der Waals surface area contributed by atoms with Crippen LogP contribution in [0.2, 0.25) is 0 Å². The fourth-order valence-corrected chi connectivity index (χ4v) is 6.45. The number of aliphatic hydroxyl groups is 1. The third kappa shape index (κ3) is 5.28. The van der Waals surface area contributed by atoms with Crippen molar-refractivity contribution in [3.8, 4) is 0 Å². The van der Waals surface area contributed by atoms with Crippen LogP contribution in [0.5, 0.6) is 0 Å². The molecule has 1 spiro atoms. The molecule has 0 aromatic carbocycles. The van der Waals surface area contributed by atoms with E-state index in [1.54, 1.807) is 12.2 Å². The zero-order chi connectivity index (χ0) is 27.7. The Morgan fingerprint density at radius 1 is 1.22 bits per heavy atom. The van der Waals surface area contributed by atoms with Crippen LogP contribution < -0.4 is 0 Å². The highest BCUT2D eigenvalue weighted by Crippen LogP contribution is 2.67. The van der Waals surface area contributed by atoms with Gasteiger partial charge in [-0.15, -0.1) is 0 Å². The number of aliphatic hydroxyl groups excluding tert-OH is 1. The van der Waals surface area contributed by atoms with Crippen LogP contribution in [0.15, 0.2) is 36.5 Å². The molecule has 1 saturated carbocycles. The van der Waals surface area contributed by atoms with Crippen molar-refractivity contribution in [2.45, 2.75) is 98.4 Å². The van der Waals surface area contributed by atoms with Gasteiger partial charge in [-0.2, -0.15) is 0 Å². The number of carbonyl (C=O) groups excluding carboxylic acids is 3. The molecule has 0 aromatic rings. The second kappa shape index (κ2) is 11.1. The minimum atomic E-state index is -1.18. The summed E-state index contributed by atoms with van der Waals surface area (Å²) in [6.07, 6.45) is 2.45. The van der Waals surface area contributed by atoms with E-state index in [0.717, 1.165) is 12.0 Å². The fraction of sp³-hybridized carbons (Fsp3) is 0.690. The SMILES string of the molecule is C=CC(=C)CC[C@@]1(C)[C@@H](C)CC(O)C23C(=C[C@@H](OC(=O)C(C)CC)C[C@@H]21)[C@H](OC(C)=O)O[C@@H]3OC(C)=O. The Hall–Kier alpha value is -2.45. The standard InChI is InChI=1S/C29H42O8/c1-9-16(3)11-12-28(8)18(5)13-24(32)29-22(26(34-19(6)30)37-27(29)35-20(7)31)14-21(15-23(28)29)36-25(33)17(4)10-2/h9,14,17-18,21,23-24,26-27,32H,1,3,10-13,15H2,2,4-8H3/t17?,18-,21+,23+,24?,26+,27-,28-,29?/m0/s1. The van der Waals surface area contributed by atoms with Gasteiger partial charge < -0.3 is 19.3 Å². The molecule has 0 aromatic heterocycles. The minimum absolute atomic E-state index is 0.0757. The van der Waals surface area contributed by atoms with Gasteiger partial charge in [0.05, 0.1) is 17.4 Å². The number of rotatable bonds is 9. The summed E-state index contributed by atoms with van der Waals surface area (Å²) in [5.74, 6) is -1.99. The van der Waals surface area contributed by atoms with E-state index in [0.29, 0.717) is 31.3 Å². The lowest BCUT2D eigenvalue weighted by Gasteiger charge is -2.60. The minimum Gasteiger partial charge on any atom is -0.458 e. The van der Waals surface area contributed by atoms with Crippen LogP contribution in [-0.4, -0.2) is 47.8 Å². The highest BCUT2D eigenvalue weighted by molar-refractivity contribution is 5.72. The smallest absolute Gasteiger partial charge is 0.309 e. The highest BCUT2D eigenvalue weighted by Gasteiger charge is 2.71. The molecule has 37 heavy (non-hydrogen) atoms. The average Bonchev–Trinajstić information content (AvgIpc) is 3.12. The molecule has 9 atom stereocenters. The molecule has 0 amide bonds. The number of hydrogen-bond acceptors (Lipinski definition) is 8. The molecule has 2 aliphatic carbocycles. The van der Waals surface area contributed by atoms with Gasteiger partial charge in [0.15, 0.2) is 0 Å². The topological polar surface area (TPSA) is 108 Å². The van der Waals surface area contributed by atoms with E-state index in [-0.39, 0.29) is 23.7 Å². The van der Waals surface area contributed by atoms with E-state index in [1.807, 2.05) is 13.8 Å². The Kier molecular flexibility index (Phi) is 8.75. The average molecular weight is 519 g/mol. The molecule has 3 aliphatic rings. The highest BCUT2D eigenvalue weighted by atomic mass is 16.8. The summed E-state index contributed by atoms with van der Waals surface area (Å²) in [6, 6.07) is 0. The van der Waals surface area contributed by atoms with Crippen LogP contribution in [-0.2, 0) is 33.3 Å². The Morgan fingerprint density at radius 2 is 1.86 bits per heavy atom. The Labute approximate surface area is 220 Å². The van der Waals surface area contributed by atoms with Crippen molar-refractivity contribution in [2.24, 2.45) is 28.6 Å². The summed E-state index contributed by atoms with van der Waals surface area (Å²) >= 11 is 0. The maximum Gasteiger partial charge on any atom is 0.309 e. The summed E-state index contributed by atoms with van der Waals surface area (Å²) in [5, 5.41) is 11.7. The first kappa shape index (κ1) is 29.1. The van der Waals surface area contributed by atoms with Crippen molar-refractivity contribution in [2.75, 3.05) is 0 Å². The van der Waals surface area contributed by atoms with Gasteiger partial charge in [0.1, 0.15) is 6.10 Å². The molecule has 3 rings (SSSR count). The Morgan fingerprint density at radius 3 is 2.43 bits per heavy atom. The first-order chi connectivity index (χ1) is 17.3. The lowest BCUT2D eigenvalue weighted by atomic mass is 9.45. The van der Waals surface area contributed by atoms with Crippen LogP contribution in [0.3, 0.4) is 0 Å². The summed E-state index contributed by atoms with van der Waals surface area (Å²) in [7, 11) is 0. The lowest BCUT2D eigenvalue weighted by molar-refractivity contribution is -0.254. The zero-order valence-electron chi connectivity index (χ0n) is 23.0. The lowest BCUT2D eigenvalue weighted by Crippen LogP contribution is -2.63. The number of esters is 3. The van der Waals surface area contributed by atoms with E-state index < -0.39 is 47.6 Å². The maximum atomic E-state index is 12.8. The quantitative estimate of drug-likeness (QED) is 0.204. The fourth-order valence-electron chi connectivity index (χ4n) is 6.45. The third-order valence-corrected chi connectivity index (χ3v) is 8.95. The molecule has 3 unspecified atom stereocenters. The molecular formula is C29H42O8. The molecule has 8 heteroatoms. The molecule has 206 valence electrons. The molecule has 8 nitrogen and oxygen atoms in total. The van der Waals surface area contributed by atoms with E-state index in [2.05, 4.69) is 27.0 Å². The molecule has 1 saturated heterocycles. The molecule has 0 bridgehead atoms. The van der Waals surface area contributed by atoms with Crippen LogP contribution in [0.25, 0.3) is 0 Å². The molecule has 2 fully saturated rings. The number of allylic oxidation sites excluding steroid dienone is 2. The third-order valence-electron chi connectivity index (χ3n) is 8.95. The number of ether oxygens (including phenoxy) is 4. The van der Waals surface area contributed by atoms with E-state index in [9.17, 15) is 19.5 Å². The van der Waals surface area contributed by atoms with Crippen LogP contribution in [0.1, 0.15) is 73.6 Å². The van der Waals surface area contributed by atoms with E-state index in [4.69, 9.17) is 18.9 Å². The normalized spacial score (nSPS) is 37.3. The predicted molar refractivity (Wildman–Crippen MR) is 137 cm³/mol. The molecule has 1 N–H and O–H groups in total. The second-order valence-electron chi connectivity index (χ2n) is 11.2. The van der Waals surface area contributed by atoms with Crippen molar-refractivity contribution >= 4 is 17.9 Å². The summed E-state index contributed by atoms with van der Waals surface area (Å²) in [5.41, 5.74) is -0.169. The van der Waals surface area contributed by atoms with Crippen molar-refractivity contribution in [1.29, 1.82) is 0 Å². The van der Waals surface area contributed by atoms with Gasteiger partial charge in [-0.3, -0.25) is 19.1 Å². The van der Waals surface area contributed by atoms with Crippen LogP contribution in [0, 0.1) is 28.6 Å². The van der Waals surface area contributed by atoms with Crippen molar-refractivity contribution < 1.29 is 38.4 Å². The number of hydrogen-bond donors (Lipinski definition) is 1. The van der Waals surface area contributed by atoms with Crippen molar-refractivity contribution in [3.63, 3.8) is 0 Å². The zero-order valence-corrected chi connectivity index (χ0v) is 23.0. The van der Waals surface area contributed by atoms with Gasteiger partial charge in [0.2, 0.25) is 12.6 Å². The van der Waals surface area contributed by atoms with Crippen molar-refractivity contribution in [3.05, 3.63) is 36.5 Å². The molecule has 1 heterocycles. The molecule has 0 radical (unpaired) electrons. The van der Waals surface area contributed by atoms with Gasteiger partial charge in [-0.25, -0.2) is 0 Å². The van der Waals surface area contributed by atoms with Gasteiger partial charge >= 0.3 is 17.9 Å². The van der Waals surface area contributed by atoms with Crippen molar-refractivity contribution in [1.82, 2.24) is 0 Å². The maximum absolute atomic E-state index is 12.8. The summed E-state index contributed by atoms with van der Waals surface area (Å²) < 4.78 is 23.2. The van der Waals surface area contributed by atoms with Crippen LogP contribution >= 0.6 is 0 Å². The second-order valence-corrected chi connectivity index (χ2v) is 11.2.